The Kier molecular flexibility index (Phi) is 3.79. The maximum Gasteiger partial charge on any atom is 0.138 e. The molecule has 1 aliphatic carbocycles. The van der Waals surface area contributed by atoms with Crippen molar-refractivity contribution in [2.75, 3.05) is 0 Å². The van der Waals surface area contributed by atoms with Gasteiger partial charge in [0.2, 0.25) is 0 Å². The van der Waals surface area contributed by atoms with Gasteiger partial charge in [0, 0.05) is 11.5 Å². The van der Waals surface area contributed by atoms with E-state index in [1.54, 1.807) is 18.3 Å². The molecular weight excluding hydrogens is 276 g/mol. The molecule has 0 bridgehead atoms. The van der Waals surface area contributed by atoms with Crippen LogP contribution in [0.25, 0.3) is 0 Å². The summed E-state index contributed by atoms with van der Waals surface area (Å²) in [5.74, 6) is 1.07. The monoisotopic (exact) mass is 298 g/mol. The highest BCUT2D eigenvalue weighted by Crippen LogP contribution is 2.32. The van der Waals surface area contributed by atoms with Crippen molar-refractivity contribution in [3.63, 3.8) is 0 Å². The maximum absolute atomic E-state index is 9.42. The van der Waals surface area contributed by atoms with E-state index in [4.69, 9.17) is 10.5 Å². The standard InChI is InChI=1S/C18H22N2O2/c1-18(2,12-3-5-14(21)6-4-12)17-8-7-15(11-20-17)22-16-9-13(19)10-16/h3-8,11,13,16,21H,9-10,19H2,1-2H3/t13-,16+. The summed E-state index contributed by atoms with van der Waals surface area (Å²) in [6.07, 6.45) is 3.84. The molecule has 0 amide bonds. The van der Waals surface area contributed by atoms with Crippen molar-refractivity contribution in [1.82, 2.24) is 4.98 Å². The molecule has 3 N–H and O–H groups in total. The number of aromatic nitrogens is 1. The quantitative estimate of drug-likeness (QED) is 0.910. The molecule has 0 unspecified atom stereocenters. The SMILES string of the molecule is CC(C)(c1ccc(O)cc1)c1ccc(O[C@H]2C[C@@H](N)C2)cn1. The van der Waals surface area contributed by atoms with Gasteiger partial charge in [0.25, 0.3) is 0 Å². The summed E-state index contributed by atoms with van der Waals surface area (Å²) in [5.41, 5.74) is 7.61. The van der Waals surface area contributed by atoms with Gasteiger partial charge in [0.05, 0.1) is 11.9 Å². The topological polar surface area (TPSA) is 68.4 Å². The van der Waals surface area contributed by atoms with Crippen LogP contribution >= 0.6 is 0 Å². The van der Waals surface area contributed by atoms with Crippen LogP contribution in [0, 0.1) is 0 Å². The van der Waals surface area contributed by atoms with E-state index in [1.165, 1.54) is 0 Å². The largest absolute Gasteiger partial charge is 0.508 e. The fraction of sp³-hybridized carbons (Fsp3) is 0.389. The molecule has 1 fully saturated rings. The molecule has 0 aliphatic heterocycles. The molecule has 2 aromatic rings. The number of nitrogens with two attached hydrogens (primary N) is 1. The van der Waals surface area contributed by atoms with E-state index in [2.05, 4.69) is 18.8 Å². The number of hydrogen-bond donors (Lipinski definition) is 2. The van der Waals surface area contributed by atoms with Crippen LogP contribution in [0.5, 0.6) is 11.5 Å². The van der Waals surface area contributed by atoms with E-state index >= 15 is 0 Å². The van der Waals surface area contributed by atoms with Crippen LogP contribution in [0.2, 0.25) is 0 Å². The Morgan fingerprint density at radius 3 is 2.36 bits per heavy atom. The number of nitrogens with zero attached hydrogens (tertiary/aromatic N) is 1. The highest BCUT2D eigenvalue weighted by molar-refractivity contribution is 5.38. The average Bonchev–Trinajstić information content (AvgIpc) is 2.47. The van der Waals surface area contributed by atoms with Gasteiger partial charge in [0.1, 0.15) is 17.6 Å². The van der Waals surface area contributed by atoms with Crippen LogP contribution in [0.15, 0.2) is 42.6 Å². The summed E-state index contributed by atoms with van der Waals surface area (Å²) in [6, 6.07) is 11.5. The lowest BCUT2D eigenvalue weighted by Gasteiger charge is -2.32. The smallest absolute Gasteiger partial charge is 0.138 e. The number of phenols is 1. The Morgan fingerprint density at radius 2 is 1.82 bits per heavy atom. The maximum atomic E-state index is 9.42. The van der Waals surface area contributed by atoms with Gasteiger partial charge < -0.3 is 15.6 Å². The molecule has 1 aliphatic rings. The van der Waals surface area contributed by atoms with Crippen LogP contribution < -0.4 is 10.5 Å². The molecule has 1 aromatic heterocycles. The molecule has 0 radical (unpaired) electrons. The molecule has 0 atom stereocenters. The lowest BCUT2D eigenvalue weighted by atomic mass is 9.81. The van der Waals surface area contributed by atoms with Crippen molar-refractivity contribution in [3.8, 4) is 11.5 Å². The van der Waals surface area contributed by atoms with E-state index in [1.807, 2.05) is 24.3 Å². The van der Waals surface area contributed by atoms with Gasteiger partial charge in [-0.05, 0) is 42.7 Å². The average molecular weight is 298 g/mol. The Morgan fingerprint density at radius 1 is 1.14 bits per heavy atom. The minimum absolute atomic E-state index is 0.229. The van der Waals surface area contributed by atoms with E-state index < -0.39 is 0 Å². The Hall–Kier alpha value is -2.07. The van der Waals surface area contributed by atoms with Gasteiger partial charge in [-0.25, -0.2) is 0 Å². The van der Waals surface area contributed by atoms with Gasteiger partial charge in [-0.2, -0.15) is 0 Å². The molecule has 116 valence electrons. The molecule has 1 aromatic carbocycles. The predicted octanol–water partition coefficient (Wildman–Crippen LogP) is 2.98. The third kappa shape index (κ3) is 2.92. The first-order valence-electron chi connectivity index (χ1n) is 7.63. The van der Waals surface area contributed by atoms with Gasteiger partial charge in [0.15, 0.2) is 0 Å². The second-order valence-corrected chi connectivity index (χ2v) is 6.52. The van der Waals surface area contributed by atoms with E-state index in [0.717, 1.165) is 29.8 Å². The summed E-state index contributed by atoms with van der Waals surface area (Å²) in [5, 5.41) is 9.42. The van der Waals surface area contributed by atoms with Crippen molar-refractivity contribution in [2.24, 2.45) is 5.73 Å². The minimum atomic E-state index is -0.231. The van der Waals surface area contributed by atoms with Gasteiger partial charge >= 0.3 is 0 Å². The van der Waals surface area contributed by atoms with Crippen LogP contribution in [-0.4, -0.2) is 22.2 Å². The second kappa shape index (κ2) is 5.61. The van der Waals surface area contributed by atoms with Crippen LogP contribution in [0.1, 0.15) is 37.9 Å². The molecule has 1 saturated carbocycles. The fourth-order valence-electron chi connectivity index (χ4n) is 2.74. The van der Waals surface area contributed by atoms with E-state index in [-0.39, 0.29) is 23.3 Å². The molecule has 0 spiro atoms. The number of benzene rings is 1. The van der Waals surface area contributed by atoms with Gasteiger partial charge in [-0.15, -0.1) is 0 Å². The number of phenolic OH excluding ortho intramolecular Hbond substituents is 1. The highest BCUT2D eigenvalue weighted by Gasteiger charge is 2.28. The second-order valence-electron chi connectivity index (χ2n) is 6.52. The third-order valence-electron chi connectivity index (χ3n) is 4.40. The molecule has 22 heavy (non-hydrogen) atoms. The van der Waals surface area contributed by atoms with Gasteiger partial charge in [-0.3, -0.25) is 4.98 Å². The summed E-state index contributed by atoms with van der Waals surface area (Å²) in [7, 11) is 0. The summed E-state index contributed by atoms with van der Waals surface area (Å²) >= 11 is 0. The summed E-state index contributed by atoms with van der Waals surface area (Å²) in [6.45, 7) is 4.24. The fourth-order valence-corrected chi connectivity index (χ4v) is 2.74. The molecule has 1 heterocycles. The van der Waals surface area contributed by atoms with E-state index in [0.29, 0.717) is 0 Å². The van der Waals surface area contributed by atoms with Crippen molar-refractivity contribution in [1.29, 1.82) is 0 Å². The van der Waals surface area contributed by atoms with Crippen molar-refractivity contribution >= 4 is 0 Å². The summed E-state index contributed by atoms with van der Waals surface area (Å²) < 4.78 is 5.83. The lowest BCUT2D eigenvalue weighted by Crippen LogP contribution is -2.43. The molecule has 4 nitrogen and oxygen atoms in total. The molecule has 0 saturated heterocycles. The third-order valence-corrected chi connectivity index (χ3v) is 4.40. The Labute approximate surface area is 131 Å². The number of hydrogen-bond acceptors (Lipinski definition) is 4. The molecule has 4 heteroatoms. The zero-order chi connectivity index (χ0) is 15.7. The minimum Gasteiger partial charge on any atom is -0.508 e. The van der Waals surface area contributed by atoms with Crippen molar-refractivity contribution < 1.29 is 9.84 Å². The van der Waals surface area contributed by atoms with Crippen LogP contribution in [0.3, 0.4) is 0 Å². The first-order chi connectivity index (χ1) is 10.4. The Bertz CT molecular complexity index is 629. The Balaban J connectivity index is 1.74. The number of aromatic hydroxyl groups is 1. The van der Waals surface area contributed by atoms with Gasteiger partial charge in [-0.1, -0.05) is 26.0 Å². The zero-order valence-electron chi connectivity index (χ0n) is 13.0. The normalized spacial score (nSPS) is 21.2. The van der Waals surface area contributed by atoms with Crippen molar-refractivity contribution in [2.45, 2.75) is 44.2 Å². The first-order valence-corrected chi connectivity index (χ1v) is 7.63. The molecular formula is C18H22N2O2. The van der Waals surface area contributed by atoms with Crippen LogP contribution in [-0.2, 0) is 5.41 Å². The highest BCUT2D eigenvalue weighted by atomic mass is 16.5. The first kappa shape index (κ1) is 14.9. The lowest BCUT2D eigenvalue weighted by molar-refractivity contribution is 0.100. The number of rotatable bonds is 4. The summed E-state index contributed by atoms with van der Waals surface area (Å²) in [4.78, 5) is 4.56. The van der Waals surface area contributed by atoms with Crippen LogP contribution in [0.4, 0.5) is 0 Å². The number of pyridine rings is 1. The van der Waals surface area contributed by atoms with E-state index in [9.17, 15) is 5.11 Å². The molecule has 3 rings (SSSR count). The number of ether oxygens (including phenoxy) is 1. The predicted molar refractivity (Wildman–Crippen MR) is 86.1 cm³/mol. The zero-order valence-corrected chi connectivity index (χ0v) is 13.0. The van der Waals surface area contributed by atoms with Crippen molar-refractivity contribution in [3.05, 3.63) is 53.9 Å².